The molecule has 0 amide bonds. The van der Waals surface area contributed by atoms with Crippen molar-refractivity contribution >= 4 is 42.2 Å². The summed E-state index contributed by atoms with van der Waals surface area (Å²) in [6, 6.07) is 26.5. The van der Waals surface area contributed by atoms with E-state index in [1.165, 1.54) is 16.7 Å². The first-order valence-corrected chi connectivity index (χ1v) is 12.6. The minimum atomic E-state index is -0.640. The number of carbonyl (C=O) groups excluding carboxylic acids is 1. The number of nitrogens with zero attached hydrogens (tertiary/aromatic N) is 2. The van der Waals surface area contributed by atoms with E-state index in [0.29, 0.717) is 17.2 Å². The first kappa shape index (κ1) is 26.9. The highest BCUT2D eigenvalue weighted by Crippen LogP contribution is 2.24. The Labute approximate surface area is 209 Å². The second-order valence-corrected chi connectivity index (χ2v) is 8.91. The van der Waals surface area contributed by atoms with E-state index in [9.17, 15) is 4.79 Å². The maximum atomic E-state index is 11.3. The van der Waals surface area contributed by atoms with Crippen LogP contribution in [0.15, 0.2) is 94.2 Å². The lowest BCUT2D eigenvalue weighted by Crippen LogP contribution is -2.08. The van der Waals surface area contributed by atoms with Crippen LogP contribution >= 0.6 is 23.5 Å². The van der Waals surface area contributed by atoms with Crippen LogP contribution in [0.25, 0.3) is 5.70 Å². The largest absolute Gasteiger partial charge is 0.478 e. The van der Waals surface area contributed by atoms with Gasteiger partial charge in [0.05, 0.1) is 17.3 Å². The highest BCUT2D eigenvalue weighted by atomic mass is 32.2. The number of hydrogen-bond donors (Lipinski definition) is 1. The van der Waals surface area contributed by atoms with E-state index in [1.807, 2.05) is 66.1 Å². The van der Waals surface area contributed by atoms with Gasteiger partial charge in [0.15, 0.2) is 12.4 Å². The summed E-state index contributed by atoms with van der Waals surface area (Å²) >= 11 is 3.27. The van der Waals surface area contributed by atoms with E-state index in [1.54, 1.807) is 36.0 Å². The van der Waals surface area contributed by atoms with Gasteiger partial charge in [0.25, 0.3) is 0 Å². The Morgan fingerprint density at radius 1 is 1.12 bits per heavy atom. The van der Waals surface area contributed by atoms with Crippen molar-refractivity contribution in [3.05, 3.63) is 101 Å². The topological polar surface area (TPSA) is 88.5 Å². The molecular formula is C27H27N3O2S2. The third-order valence-corrected chi connectivity index (χ3v) is 5.90. The molecule has 2 N–H and O–H groups in total. The monoisotopic (exact) mass is 489 g/mol. The van der Waals surface area contributed by atoms with Crippen LogP contribution in [0, 0.1) is 11.3 Å². The van der Waals surface area contributed by atoms with Gasteiger partial charge in [0.2, 0.25) is 0 Å². The highest BCUT2D eigenvalue weighted by molar-refractivity contribution is 8.02. The molecular weight excluding hydrogens is 462 g/mol. The van der Waals surface area contributed by atoms with E-state index in [-0.39, 0.29) is 0 Å². The van der Waals surface area contributed by atoms with Crippen molar-refractivity contribution in [3.8, 4) is 11.8 Å². The molecule has 0 aromatic heterocycles. The van der Waals surface area contributed by atoms with Crippen molar-refractivity contribution in [3.63, 3.8) is 0 Å². The Morgan fingerprint density at radius 2 is 1.79 bits per heavy atom. The minimum absolute atomic E-state index is 0.561. The standard InChI is InChI=1S/C17H15NO2S.C10H12N2S/c1-2-21-16-9-5-14(6-10-16)17(12-19)20-15-7-3-13(11-18)4-8-15;1-12-10(7-13-8-11)9-5-3-2-4-6-9/h3-10,12,17H,2H2,1H3;2-7H,1,8,11H2/b;10-7-. The molecule has 0 bridgehead atoms. The number of nitrogens with two attached hydrogens (primary N) is 1. The molecule has 0 aliphatic rings. The van der Waals surface area contributed by atoms with Crippen LogP contribution in [0.2, 0.25) is 0 Å². The fourth-order valence-corrected chi connectivity index (χ4v) is 3.91. The van der Waals surface area contributed by atoms with Crippen molar-refractivity contribution in [2.75, 3.05) is 11.6 Å². The van der Waals surface area contributed by atoms with Gasteiger partial charge in [-0.15, -0.1) is 23.5 Å². The molecule has 3 aromatic carbocycles. The van der Waals surface area contributed by atoms with Crippen LogP contribution in [0.3, 0.4) is 0 Å². The van der Waals surface area contributed by atoms with Crippen LogP contribution in [0.5, 0.6) is 5.75 Å². The van der Waals surface area contributed by atoms with Gasteiger partial charge in [-0.25, -0.2) is 0 Å². The van der Waals surface area contributed by atoms with Gasteiger partial charge in [-0.3, -0.25) is 9.79 Å². The predicted molar refractivity (Wildman–Crippen MR) is 144 cm³/mol. The zero-order valence-corrected chi connectivity index (χ0v) is 20.6. The number of benzene rings is 3. The molecule has 0 spiro atoms. The third-order valence-electron chi connectivity index (χ3n) is 4.42. The van der Waals surface area contributed by atoms with Crippen LogP contribution in [-0.4, -0.2) is 24.6 Å². The van der Waals surface area contributed by atoms with Crippen molar-refractivity contribution in [2.24, 2.45) is 10.7 Å². The average molecular weight is 490 g/mol. The Morgan fingerprint density at radius 3 is 2.32 bits per heavy atom. The molecule has 0 fully saturated rings. The molecule has 0 saturated carbocycles. The number of hydrogen-bond acceptors (Lipinski definition) is 7. The lowest BCUT2D eigenvalue weighted by Gasteiger charge is -2.14. The summed E-state index contributed by atoms with van der Waals surface area (Å²) in [4.78, 5) is 16.4. The van der Waals surface area contributed by atoms with E-state index in [0.717, 1.165) is 28.9 Å². The Bertz CT molecular complexity index is 1090. The SMILES string of the molecule is C=N/C(=C\SCN)c1ccccc1.CCSc1ccc(C(C=O)Oc2ccc(C#N)cc2)cc1. The van der Waals surface area contributed by atoms with Gasteiger partial charge in [-0.05, 0) is 59.8 Å². The smallest absolute Gasteiger partial charge is 0.179 e. The number of aldehydes is 1. The fraction of sp³-hybridized carbons (Fsp3) is 0.148. The number of thioether (sulfide) groups is 2. The van der Waals surface area contributed by atoms with Gasteiger partial charge in [0, 0.05) is 16.3 Å². The quantitative estimate of drug-likeness (QED) is 0.155. The zero-order valence-electron chi connectivity index (χ0n) is 19.0. The molecule has 0 aliphatic heterocycles. The highest BCUT2D eigenvalue weighted by Gasteiger charge is 2.12. The molecule has 7 heteroatoms. The maximum Gasteiger partial charge on any atom is 0.179 e. The number of aliphatic imine (C=N–C) groups is 1. The van der Waals surface area contributed by atoms with Crippen LogP contribution < -0.4 is 10.5 Å². The molecule has 174 valence electrons. The Balaban J connectivity index is 0.000000270. The summed E-state index contributed by atoms with van der Waals surface area (Å²) in [7, 11) is 0. The van der Waals surface area contributed by atoms with Crippen LogP contribution in [-0.2, 0) is 4.79 Å². The average Bonchev–Trinajstić information content (AvgIpc) is 2.90. The molecule has 5 nitrogen and oxygen atoms in total. The van der Waals surface area contributed by atoms with Gasteiger partial charge in [-0.2, -0.15) is 5.26 Å². The Kier molecular flexibility index (Phi) is 12.3. The molecule has 0 heterocycles. The molecule has 1 unspecified atom stereocenters. The number of rotatable bonds is 10. The van der Waals surface area contributed by atoms with Crippen molar-refractivity contribution in [1.29, 1.82) is 5.26 Å². The van der Waals surface area contributed by atoms with E-state index in [4.69, 9.17) is 15.7 Å². The first-order valence-electron chi connectivity index (χ1n) is 10.5. The predicted octanol–water partition coefficient (Wildman–Crippen LogP) is 6.32. The van der Waals surface area contributed by atoms with Gasteiger partial charge in [0.1, 0.15) is 5.75 Å². The summed E-state index contributed by atoms with van der Waals surface area (Å²) in [5, 5.41) is 10.7. The summed E-state index contributed by atoms with van der Waals surface area (Å²) < 4.78 is 5.66. The normalized spacial score (nSPS) is 11.4. The van der Waals surface area contributed by atoms with Crippen molar-refractivity contribution in [1.82, 2.24) is 0 Å². The molecule has 1 atom stereocenters. The molecule has 0 radical (unpaired) electrons. The molecule has 34 heavy (non-hydrogen) atoms. The lowest BCUT2D eigenvalue weighted by molar-refractivity contribution is -0.113. The van der Waals surface area contributed by atoms with Crippen molar-refractivity contribution in [2.45, 2.75) is 17.9 Å². The lowest BCUT2D eigenvalue weighted by atomic mass is 10.1. The van der Waals surface area contributed by atoms with Crippen LogP contribution in [0.1, 0.15) is 29.7 Å². The minimum Gasteiger partial charge on any atom is -0.478 e. The second-order valence-electron chi connectivity index (χ2n) is 6.67. The van der Waals surface area contributed by atoms with Crippen LogP contribution in [0.4, 0.5) is 0 Å². The van der Waals surface area contributed by atoms with Gasteiger partial charge in [-0.1, -0.05) is 49.4 Å². The molecule has 3 aromatic rings. The van der Waals surface area contributed by atoms with E-state index in [2.05, 4.69) is 18.6 Å². The third kappa shape index (κ3) is 8.91. The molecule has 0 aliphatic carbocycles. The summed E-state index contributed by atoms with van der Waals surface area (Å²) in [5.74, 6) is 2.14. The van der Waals surface area contributed by atoms with Crippen molar-refractivity contribution < 1.29 is 9.53 Å². The van der Waals surface area contributed by atoms with Gasteiger partial charge < -0.3 is 10.5 Å². The fourth-order valence-electron chi connectivity index (χ4n) is 2.78. The number of nitriles is 1. The van der Waals surface area contributed by atoms with E-state index < -0.39 is 6.10 Å². The molecule has 3 rings (SSSR count). The summed E-state index contributed by atoms with van der Waals surface area (Å²) in [6.45, 7) is 5.62. The van der Waals surface area contributed by atoms with Gasteiger partial charge >= 0.3 is 0 Å². The zero-order chi connectivity index (χ0) is 24.6. The molecule has 0 saturated heterocycles. The number of ether oxygens (including phenoxy) is 1. The summed E-state index contributed by atoms with van der Waals surface area (Å²) in [5.41, 5.74) is 8.68. The second kappa shape index (κ2) is 15.5. The summed E-state index contributed by atoms with van der Waals surface area (Å²) in [6.07, 6.45) is 0.138. The number of carbonyl (C=O) groups is 1. The first-order chi connectivity index (χ1) is 16.6. The maximum absolute atomic E-state index is 11.3. The Hall–Kier alpha value is -3.31. The van der Waals surface area contributed by atoms with E-state index >= 15 is 0 Å².